The lowest BCUT2D eigenvalue weighted by Gasteiger charge is -2.15. The number of fused-ring (bicyclic) bond motifs is 1. The van der Waals surface area contributed by atoms with Crippen LogP contribution in [0.4, 0.5) is 13.2 Å². The van der Waals surface area contributed by atoms with Crippen molar-refractivity contribution in [3.8, 4) is 11.4 Å². The van der Waals surface area contributed by atoms with E-state index in [2.05, 4.69) is 20.3 Å². The summed E-state index contributed by atoms with van der Waals surface area (Å²) in [4.78, 5) is 4.04. The predicted molar refractivity (Wildman–Crippen MR) is 87.4 cm³/mol. The summed E-state index contributed by atoms with van der Waals surface area (Å²) in [7, 11) is 0. The van der Waals surface area contributed by atoms with Crippen molar-refractivity contribution in [3.05, 3.63) is 59.9 Å². The van der Waals surface area contributed by atoms with Crippen LogP contribution in [0.3, 0.4) is 0 Å². The fourth-order valence-corrected chi connectivity index (χ4v) is 3.26. The van der Waals surface area contributed by atoms with Crippen molar-refractivity contribution in [3.63, 3.8) is 0 Å². The van der Waals surface area contributed by atoms with Crippen LogP contribution in [0.1, 0.15) is 11.1 Å². The molecule has 1 aliphatic heterocycles. The SMILES string of the molecule is FC(F)(F)c1cccc(C2=Nn3c(nnc3-c3cccnc3)SC2)c1. The Morgan fingerprint density at radius 3 is 2.64 bits per heavy atom. The van der Waals surface area contributed by atoms with Gasteiger partial charge >= 0.3 is 6.18 Å². The van der Waals surface area contributed by atoms with Gasteiger partial charge in [-0.3, -0.25) is 4.98 Å². The number of nitrogens with zero attached hydrogens (tertiary/aromatic N) is 5. The number of halogens is 3. The maximum atomic E-state index is 12.9. The summed E-state index contributed by atoms with van der Waals surface area (Å²) in [5.74, 6) is 0.923. The van der Waals surface area contributed by atoms with Crippen molar-refractivity contribution in [2.45, 2.75) is 11.3 Å². The average molecular weight is 361 g/mol. The van der Waals surface area contributed by atoms with Crippen LogP contribution in [0.25, 0.3) is 11.4 Å². The number of aromatic nitrogens is 4. The molecule has 2 aromatic heterocycles. The second-order valence-corrected chi connectivity index (χ2v) is 6.22. The Balaban J connectivity index is 1.77. The molecule has 0 atom stereocenters. The minimum absolute atomic E-state index is 0.423. The van der Waals surface area contributed by atoms with Crippen LogP contribution in [-0.2, 0) is 6.18 Å². The Bertz CT molecular complexity index is 950. The van der Waals surface area contributed by atoms with Crippen LogP contribution < -0.4 is 0 Å². The topological polar surface area (TPSA) is 56.0 Å². The van der Waals surface area contributed by atoms with Gasteiger partial charge in [0.1, 0.15) is 0 Å². The first-order chi connectivity index (χ1) is 12.0. The molecule has 0 radical (unpaired) electrons. The van der Waals surface area contributed by atoms with Gasteiger partial charge in [0.15, 0.2) is 5.82 Å². The number of hydrogen-bond acceptors (Lipinski definition) is 5. The second kappa shape index (κ2) is 5.99. The molecule has 9 heteroatoms. The molecule has 0 amide bonds. The highest BCUT2D eigenvalue weighted by Crippen LogP contribution is 2.32. The average Bonchev–Trinajstić information content (AvgIpc) is 3.05. The molecule has 3 heterocycles. The standard InChI is InChI=1S/C16H10F3N5S/c17-16(18,19)12-5-1-3-10(7-12)13-9-25-15-22-21-14(24(15)23-13)11-4-2-6-20-8-11/h1-8H,9H2. The van der Waals surface area contributed by atoms with E-state index >= 15 is 0 Å². The monoisotopic (exact) mass is 361 g/mol. The molecule has 5 nitrogen and oxygen atoms in total. The van der Waals surface area contributed by atoms with E-state index in [0.717, 1.165) is 17.7 Å². The summed E-state index contributed by atoms with van der Waals surface area (Å²) in [6.07, 6.45) is -1.11. The van der Waals surface area contributed by atoms with E-state index in [1.54, 1.807) is 29.2 Å². The fourth-order valence-electron chi connectivity index (χ4n) is 2.42. The zero-order chi connectivity index (χ0) is 17.4. The molecule has 4 rings (SSSR count). The normalized spacial score (nSPS) is 14.1. The third-order valence-corrected chi connectivity index (χ3v) is 4.54. The molecule has 0 saturated heterocycles. The molecular weight excluding hydrogens is 351 g/mol. The van der Waals surface area contributed by atoms with Crippen LogP contribution in [0.15, 0.2) is 59.0 Å². The fraction of sp³-hybridized carbons (Fsp3) is 0.125. The lowest BCUT2D eigenvalue weighted by atomic mass is 10.1. The van der Waals surface area contributed by atoms with Gasteiger partial charge in [0.25, 0.3) is 0 Å². The third-order valence-electron chi connectivity index (χ3n) is 3.61. The summed E-state index contributed by atoms with van der Waals surface area (Å²) in [6, 6.07) is 8.75. The minimum atomic E-state index is -4.39. The van der Waals surface area contributed by atoms with Crippen molar-refractivity contribution < 1.29 is 13.2 Å². The van der Waals surface area contributed by atoms with Gasteiger partial charge in [-0.2, -0.15) is 22.9 Å². The Morgan fingerprint density at radius 1 is 1.04 bits per heavy atom. The van der Waals surface area contributed by atoms with E-state index < -0.39 is 11.7 Å². The summed E-state index contributed by atoms with van der Waals surface area (Å²) >= 11 is 1.38. The first kappa shape index (κ1) is 15.8. The number of alkyl halides is 3. The molecule has 1 aliphatic rings. The van der Waals surface area contributed by atoms with Gasteiger partial charge in [-0.15, -0.1) is 10.2 Å². The van der Waals surface area contributed by atoms with Gasteiger partial charge in [0.2, 0.25) is 5.16 Å². The number of pyridine rings is 1. The van der Waals surface area contributed by atoms with E-state index in [1.165, 1.54) is 17.8 Å². The largest absolute Gasteiger partial charge is 0.416 e. The maximum absolute atomic E-state index is 12.9. The second-order valence-electron chi connectivity index (χ2n) is 5.27. The van der Waals surface area contributed by atoms with Crippen molar-refractivity contribution >= 4 is 17.5 Å². The van der Waals surface area contributed by atoms with Crippen molar-refractivity contribution in [1.29, 1.82) is 0 Å². The summed E-state index contributed by atoms with van der Waals surface area (Å²) in [5.41, 5.74) is 1.00. The molecule has 0 saturated carbocycles. The van der Waals surface area contributed by atoms with Gasteiger partial charge in [0.05, 0.1) is 11.3 Å². The Hall–Kier alpha value is -2.68. The molecule has 1 aromatic carbocycles. The lowest BCUT2D eigenvalue weighted by Crippen LogP contribution is -2.15. The van der Waals surface area contributed by atoms with Gasteiger partial charge in [-0.25, -0.2) is 0 Å². The van der Waals surface area contributed by atoms with Crippen LogP contribution >= 0.6 is 11.8 Å². The van der Waals surface area contributed by atoms with Crippen LogP contribution in [-0.4, -0.2) is 31.3 Å². The van der Waals surface area contributed by atoms with Crippen LogP contribution in [0.5, 0.6) is 0 Å². The Morgan fingerprint density at radius 2 is 1.88 bits per heavy atom. The maximum Gasteiger partial charge on any atom is 0.416 e. The summed E-state index contributed by atoms with van der Waals surface area (Å²) < 4.78 is 40.3. The number of rotatable bonds is 2. The highest BCUT2D eigenvalue weighted by atomic mass is 32.2. The lowest BCUT2D eigenvalue weighted by molar-refractivity contribution is -0.137. The molecule has 25 heavy (non-hydrogen) atoms. The highest BCUT2D eigenvalue weighted by Gasteiger charge is 2.31. The summed E-state index contributed by atoms with van der Waals surface area (Å²) in [5, 5.41) is 13.3. The first-order valence-electron chi connectivity index (χ1n) is 7.26. The van der Waals surface area contributed by atoms with Crippen molar-refractivity contribution in [2.75, 3.05) is 5.75 Å². The minimum Gasteiger partial charge on any atom is -0.264 e. The smallest absolute Gasteiger partial charge is 0.264 e. The predicted octanol–water partition coefficient (Wildman–Crippen LogP) is 3.72. The molecule has 126 valence electrons. The zero-order valence-electron chi connectivity index (χ0n) is 12.6. The van der Waals surface area contributed by atoms with E-state index in [1.807, 2.05) is 6.07 Å². The molecule has 0 fully saturated rings. The van der Waals surface area contributed by atoms with Gasteiger partial charge in [-0.05, 0) is 29.8 Å². The highest BCUT2D eigenvalue weighted by molar-refractivity contribution is 7.99. The van der Waals surface area contributed by atoms with Crippen LogP contribution in [0.2, 0.25) is 0 Å². The zero-order valence-corrected chi connectivity index (χ0v) is 13.4. The molecular formula is C16H10F3N5S. The molecule has 0 bridgehead atoms. The Kier molecular flexibility index (Phi) is 3.79. The quantitative estimate of drug-likeness (QED) is 0.698. The summed E-state index contributed by atoms with van der Waals surface area (Å²) in [6.45, 7) is 0. The number of benzene rings is 1. The molecule has 0 unspecified atom stereocenters. The molecule has 0 spiro atoms. The Labute approximate surface area is 144 Å². The molecule has 0 N–H and O–H groups in total. The molecule has 0 aliphatic carbocycles. The van der Waals surface area contributed by atoms with Crippen molar-refractivity contribution in [2.24, 2.45) is 5.10 Å². The molecule has 3 aromatic rings. The van der Waals surface area contributed by atoms with E-state index in [-0.39, 0.29) is 0 Å². The van der Waals surface area contributed by atoms with Crippen molar-refractivity contribution in [1.82, 2.24) is 19.9 Å². The first-order valence-corrected chi connectivity index (χ1v) is 8.25. The third kappa shape index (κ3) is 3.02. The number of hydrogen-bond donors (Lipinski definition) is 0. The van der Waals surface area contributed by atoms with Gasteiger partial charge in [-0.1, -0.05) is 23.9 Å². The van der Waals surface area contributed by atoms with Crippen LogP contribution in [0, 0.1) is 0 Å². The van der Waals surface area contributed by atoms with E-state index in [0.29, 0.717) is 28.0 Å². The number of thioether (sulfide) groups is 1. The van der Waals surface area contributed by atoms with Gasteiger partial charge < -0.3 is 0 Å². The van der Waals surface area contributed by atoms with E-state index in [9.17, 15) is 13.2 Å². The van der Waals surface area contributed by atoms with Gasteiger partial charge in [0, 0.05) is 23.7 Å². The van der Waals surface area contributed by atoms with E-state index in [4.69, 9.17) is 0 Å².